The highest BCUT2D eigenvalue weighted by Gasteiger charge is 1.99. The Bertz CT molecular complexity index is 701. The molecule has 0 saturated heterocycles. The number of hydrogen-bond donors (Lipinski definition) is 2. The molecule has 0 aliphatic rings. The summed E-state index contributed by atoms with van der Waals surface area (Å²) in [7, 11) is 0. The molecule has 0 unspecified atom stereocenters. The van der Waals surface area contributed by atoms with Gasteiger partial charge in [-0.25, -0.2) is 8.78 Å². The summed E-state index contributed by atoms with van der Waals surface area (Å²) in [5.74, 6) is -0.503. The van der Waals surface area contributed by atoms with Crippen molar-refractivity contribution in [1.29, 1.82) is 0 Å². The minimum absolute atomic E-state index is 0.250. The first-order chi connectivity index (χ1) is 11.7. The SMILES string of the molecule is Fc1ccc(NCc2ccc(CNc3ccc(F)cc3)nc2)cc1. The first-order valence-corrected chi connectivity index (χ1v) is 7.62. The molecular weight excluding hydrogens is 308 g/mol. The van der Waals surface area contributed by atoms with Gasteiger partial charge in [-0.2, -0.15) is 0 Å². The Kier molecular flexibility index (Phi) is 5.01. The van der Waals surface area contributed by atoms with E-state index in [0.29, 0.717) is 13.1 Å². The number of halogens is 2. The number of anilines is 2. The number of hydrogen-bond acceptors (Lipinski definition) is 3. The molecule has 122 valence electrons. The summed E-state index contributed by atoms with van der Waals surface area (Å²) in [5.41, 5.74) is 3.63. The van der Waals surface area contributed by atoms with Crippen molar-refractivity contribution in [2.75, 3.05) is 10.6 Å². The maximum Gasteiger partial charge on any atom is 0.123 e. The van der Waals surface area contributed by atoms with Gasteiger partial charge in [0.15, 0.2) is 0 Å². The zero-order valence-corrected chi connectivity index (χ0v) is 13.0. The predicted octanol–water partition coefficient (Wildman–Crippen LogP) is 4.58. The van der Waals surface area contributed by atoms with Crippen molar-refractivity contribution in [2.45, 2.75) is 13.1 Å². The van der Waals surface area contributed by atoms with Crippen LogP contribution in [0, 0.1) is 11.6 Å². The Morgan fingerprint density at radius 1 is 0.667 bits per heavy atom. The van der Waals surface area contributed by atoms with Gasteiger partial charge in [0.1, 0.15) is 11.6 Å². The van der Waals surface area contributed by atoms with Crippen LogP contribution in [-0.2, 0) is 13.1 Å². The van der Waals surface area contributed by atoms with E-state index in [4.69, 9.17) is 0 Å². The van der Waals surface area contributed by atoms with Crippen LogP contribution in [0.2, 0.25) is 0 Å². The molecule has 0 bridgehead atoms. The smallest absolute Gasteiger partial charge is 0.123 e. The lowest BCUT2D eigenvalue weighted by Crippen LogP contribution is -2.04. The Morgan fingerprint density at radius 2 is 1.21 bits per heavy atom. The van der Waals surface area contributed by atoms with Crippen LogP contribution in [-0.4, -0.2) is 4.98 Å². The molecule has 0 radical (unpaired) electrons. The summed E-state index contributed by atoms with van der Waals surface area (Å²) < 4.78 is 25.7. The lowest BCUT2D eigenvalue weighted by molar-refractivity contribution is 0.627. The zero-order chi connectivity index (χ0) is 16.8. The van der Waals surface area contributed by atoms with E-state index >= 15 is 0 Å². The van der Waals surface area contributed by atoms with Crippen molar-refractivity contribution in [3.63, 3.8) is 0 Å². The second-order valence-electron chi connectivity index (χ2n) is 5.38. The molecule has 5 heteroatoms. The van der Waals surface area contributed by atoms with Crippen LogP contribution < -0.4 is 10.6 Å². The lowest BCUT2D eigenvalue weighted by atomic mass is 10.2. The maximum atomic E-state index is 12.8. The fraction of sp³-hybridized carbons (Fsp3) is 0.105. The Labute approximate surface area is 139 Å². The van der Waals surface area contributed by atoms with Gasteiger partial charge in [-0.1, -0.05) is 6.07 Å². The van der Waals surface area contributed by atoms with Gasteiger partial charge >= 0.3 is 0 Å². The van der Waals surface area contributed by atoms with Crippen molar-refractivity contribution in [3.05, 3.63) is 89.8 Å². The molecule has 2 N–H and O–H groups in total. The van der Waals surface area contributed by atoms with Gasteiger partial charge in [-0.05, 0) is 60.2 Å². The molecule has 24 heavy (non-hydrogen) atoms. The van der Waals surface area contributed by atoms with E-state index in [9.17, 15) is 8.78 Å². The van der Waals surface area contributed by atoms with E-state index in [2.05, 4.69) is 15.6 Å². The first kappa shape index (κ1) is 15.9. The highest BCUT2D eigenvalue weighted by molar-refractivity contribution is 5.44. The van der Waals surface area contributed by atoms with Gasteiger partial charge in [0, 0.05) is 24.1 Å². The summed E-state index contributed by atoms with van der Waals surface area (Å²) in [5, 5.41) is 6.40. The maximum absolute atomic E-state index is 12.8. The van der Waals surface area contributed by atoms with Gasteiger partial charge in [0.25, 0.3) is 0 Å². The average molecular weight is 325 g/mol. The van der Waals surface area contributed by atoms with Crippen LogP contribution >= 0.6 is 0 Å². The zero-order valence-electron chi connectivity index (χ0n) is 13.0. The minimum Gasteiger partial charge on any atom is -0.381 e. The van der Waals surface area contributed by atoms with Crippen molar-refractivity contribution < 1.29 is 8.78 Å². The monoisotopic (exact) mass is 325 g/mol. The molecule has 3 aromatic rings. The standard InChI is InChI=1S/C19H17F2N3/c20-15-2-7-17(8-3-15)22-11-14-1-6-19(23-12-14)13-24-18-9-4-16(21)5-10-18/h1-10,12,22,24H,11,13H2. The molecule has 0 saturated carbocycles. The Balaban J connectivity index is 1.51. The van der Waals surface area contributed by atoms with E-state index in [-0.39, 0.29) is 11.6 Å². The van der Waals surface area contributed by atoms with Crippen LogP contribution in [0.25, 0.3) is 0 Å². The molecule has 0 spiro atoms. The number of pyridine rings is 1. The fourth-order valence-corrected chi connectivity index (χ4v) is 2.20. The van der Waals surface area contributed by atoms with E-state index < -0.39 is 0 Å². The summed E-state index contributed by atoms with van der Waals surface area (Å²) in [6.07, 6.45) is 1.80. The third-order valence-electron chi connectivity index (χ3n) is 3.54. The van der Waals surface area contributed by atoms with E-state index in [1.54, 1.807) is 30.5 Å². The fourth-order valence-electron chi connectivity index (χ4n) is 2.20. The highest BCUT2D eigenvalue weighted by Crippen LogP contribution is 2.12. The summed E-state index contributed by atoms with van der Waals surface area (Å²) >= 11 is 0. The van der Waals surface area contributed by atoms with Crippen LogP contribution in [0.15, 0.2) is 66.9 Å². The molecule has 3 nitrogen and oxygen atoms in total. The third kappa shape index (κ3) is 4.52. The molecular formula is C19H17F2N3. The predicted molar refractivity (Wildman–Crippen MR) is 91.7 cm³/mol. The molecule has 0 aliphatic carbocycles. The molecule has 0 amide bonds. The molecule has 2 aromatic carbocycles. The molecule has 1 aromatic heterocycles. The van der Waals surface area contributed by atoms with E-state index in [0.717, 1.165) is 22.6 Å². The van der Waals surface area contributed by atoms with Crippen LogP contribution in [0.5, 0.6) is 0 Å². The molecule has 0 fully saturated rings. The largest absolute Gasteiger partial charge is 0.381 e. The Morgan fingerprint density at radius 3 is 1.71 bits per heavy atom. The second-order valence-corrected chi connectivity index (χ2v) is 5.38. The van der Waals surface area contributed by atoms with Crippen LogP contribution in [0.3, 0.4) is 0 Å². The van der Waals surface area contributed by atoms with Crippen molar-refractivity contribution in [2.24, 2.45) is 0 Å². The number of aromatic nitrogens is 1. The van der Waals surface area contributed by atoms with Crippen molar-refractivity contribution in [1.82, 2.24) is 4.98 Å². The number of nitrogens with one attached hydrogen (secondary N) is 2. The van der Waals surface area contributed by atoms with Gasteiger partial charge in [-0.15, -0.1) is 0 Å². The number of nitrogens with zero attached hydrogens (tertiary/aromatic N) is 1. The quantitative estimate of drug-likeness (QED) is 0.696. The summed E-state index contributed by atoms with van der Waals surface area (Å²) in [4.78, 5) is 4.40. The van der Waals surface area contributed by atoms with Crippen LogP contribution in [0.4, 0.5) is 20.2 Å². The minimum atomic E-state index is -0.253. The molecule has 3 rings (SSSR count). The Hall–Kier alpha value is -2.95. The third-order valence-corrected chi connectivity index (χ3v) is 3.54. The van der Waals surface area contributed by atoms with Gasteiger partial charge in [0.2, 0.25) is 0 Å². The normalized spacial score (nSPS) is 10.4. The van der Waals surface area contributed by atoms with Crippen molar-refractivity contribution in [3.8, 4) is 0 Å². The summed E-state index contributed by atoms with van der Waals surface area (Å²) in [6, 6.07) is 16.4. The van der Waals surface area contributed by atoms with Gasteiger partial charge < -0.3 is 10.6 Å². The van der Waals surface area contributed by atoms with Crippen molar-refractivity contribution >= 4 is 11.4 Å². The first-order valence-electron chi connectivity index (χ1n) is 7.62. The number of rotatable bonds is 6. The number of benzene rings is 2. The summed E-state index contributed by atoms with van der Waals surface area (Å²) in [6.45, 7) is 1.18. The van der Waals surface area contributed by atoms with E-state index in [1.165, 1.54) is 24.3 Å². The molecule has 0 atom stereocenters. The van der Waals surface area contributed by atoms with Gasteiger partial charge in [0.05, 0.1) is 12.2 Å². The average Bonchev–Trinajstić information content (AvgIpc) is 2.62. The van der Waals surface area contributed by atoms with Crippen LogP contribution in [0.1, 0.15) is 11.3 Å². The second kappa shape index (κ2) is 7.55. The lowest BCUT2D eigenvalue weighted by Gasteiger charge is -2.08. The van der Waals surface area contributed by atoms with E-state index in [1.807, 2.05) is 12.1 Å². The molecule has 0 aliphatic heterocycles. The topological polar surface area (TPSA) is 37.0 Å². The molecule has 1 heterocycles. The van der Waals surface area contributed by atoms with Gasteiger partial charge in [-0.3, -0.25) is 4.98 Å². The highest BCUT2D eigenvalue weighted by atomic mass is 19.1.